The van der Waals surface area contributed by atoms with E-state index in [9.17, 15) is 5.11 Å². The summed E-state index contributed by atoms with van der Waals surface area (Å²) in [6.07, 6.45) is 2.73. The van der Waals surface area contributed by atoms with Crippen LogP contribution in [0.3, 0.4) is 0 Å². The third kappa shape index (κ3) is 6.65. The molecule has 0 aliphatic carbocycles. The van der Waals surface area contributed by atoms with E-state index in [-0.39, 0.29) is 12.7 Å². The van der Waals surface area contributed by atoms with Gasteiger partial charge in [-0.05, 0) is 6.92 Å². The van der Waals surface area contributed by atoms with Gasteiger partial charge in [0.25, 0.3) is 0 Å². The molecule has 0 bridgehead atoms. The first-order chi connectivity index (χ1) is 8.72. The van der Waals surface area contributed by atoms with E-state index in [1.54, 1.807) is 6.08 Å². The van der Waals surface area contributed by atoms with Crippen LogP contribution in [0, 0.1) is 0 Å². The molecule has 6 nitrogen and oxygen atoms in total. The van der Waals surface area contributed by atoms with Gasteiger partial charge in [0, 0.05) is 13.1 Å². The molecule has 0 aliphatic heterocycles. The predicted octanol–water partition coefficient (Wildman–Crippen LogP) is 0.458. The molecule has 0 radical (unpaired) electrons. The van der Waals surface area contributed by atoms with E-state index >= 15 is 0 Å². The molecule has 0 amide bonds. The SMILES string of the molecule is C=CCOC(C)CNCC(O)COc1cnsn1. The molecular weight excluding hydrogens is 254 g/mol. The van der Waals surface area contributed by atoms with Crippen molar-refractivity contribution in [1.82, 2.24) is 14.1 Å². The molecule has 0 saturated heterocycles. The van der Waals surface area contributed by atoms with Crippen molar-refractivity contribution in [3.05, 3.63) is 18.9 Å². The number of ether oxygens (including phenoxy) is 2. The Morgan fingerprint density at radius 3 is 3.11 bits per heavy atom. The lowest BCUT2D eigenvalue weighted by atomic mass is 10.3. The van der Waals surface area contributed by atoms with Crippen LogP contribution in [-0.2, 0) is 4.74 Å². The van der Waals surface area contributed by atoms with Crippen LogP contribution in [0.4, 0.5) is 0 Å². The summed E-state index contributed by atoms with van der Waals surface area (Å²) in [5.74, 6) is 0.446. The van der Waals surface area contributed by atoms with E-state index in [2.05, 4.69) is 20.6 Å². The van der Waals surface area contributed by atoms with Gasteiger partial charge in [-0.3, -0.25) is 0 Å². The minimum Gasteiger partial charge on any atom is -0.473 e. The summed E-state index contributed by atoms with van der Waals surface area (Å²) in [7, 11) is 0. The minimum absolute atomic E-state index is 0.0823. The fourth-order valence-corrected chi connectivity index (χ4v) is 1.57. The molecular formula is C11H19N3O3S. The lowest BCUT2D eigenvalue weighted by Crippen LogP contribution is -2.35. The van der Waals surface area contributed by atoms with Gasteiger partial charge in [-0.15, -0.1) is 11.0 Å². The standard InChI is InChI=1S/C11H19N3O3S/c1-3-4-16-9(2)5-12-6-10(15)8-17-11-7-13-18-14-11/h3,7,9-10,12,15H,1,4-6,8H2,2H3. The van der Waals surface area contributed by atoms with Gasteiger partial charge in [-0.1, -0.05) is 6.08 Å². The van der Waals surface area contributed by atoms with Gasteiger partial charge in [0.15, 0.2) is 0 Å². The Morgan fingerprint density at radius 1 is 1.61 bits per heavy atom. The van der Waals surface area contributed by atoms with Crippen LogP contribution < -0.4 is 10.1 Å². The highest BCUT2D eigenvalue weighted by molar-refractivity contribution is 6.99. The molecule has 0 aliphatic rings. The highest BCUT2D eigenvalue weighted by atomic mass is 32.1. The van der Waals surface area contributed by atoms with Gasteiger partial charge in [0.2, 0.25) is 5.88 Å². The lowest BCUT2D eigenvalue weighted by Gasteiger charge is -2.15. The Bertz CT molecular complexity index is 321. The Kier molecular flexibility index (Phi) is 7.51. The van der Waals surface area contributed by atoms with Gasteiger partial charge >= 0.3 is 0 Å². The number of aromatic nitrogens is 2. The van der Waals surface area contributed by atoms with Crippen molar-refractivity contribution < 1.29 is 14.6 Å². The Labute approximate surface area is 111 Å². The summed E-state index contributed by atoms with van der Waals surface area (Å²) in [6.45, 7) is 7.38. The minimum atomic E-state index is -0.585. The third-order valence-electron chi connectivity index (χ3n) is 2.08. The molecule has 2 atom stereocenters. The molecule has 1 heterocycles. The highest BCUT2D eigenvalue weighted by Gasteiger charge is 2.07. The first-order valence-electron chi connectivity index (χ1n) is 5.74. The van der Waals surface area contributed by atoms with E-state index in [0.717, 1.165) is 11.7 Å². The van der Waals surface area contributed by atoms with Crippen molar-refractivity contribution in [2.75, 3.05) is 26.3 Å². The molecule has 0 fully saturated rings. The van der Waals surface area contributed by atoms with E-state index in [0.29, 0.717) is 25.6 Å². The van der Waals surface area contributed by atoms with Crippen molar-refractivity contribution in [2.45, 2.75) is 19.1 Å². The largest absolute Gasteiger partial charge is 0.473 e. The van der Waals surface area contributed by atoms with E-state index in [1.165, 1.54) is 6.20 Å². The molecule has 7 heteroatoms. The van der Waals surface area contributed by atoms with E-state index < -0.39 is 6.10 Å². The fourth-order valence-electron chi connectivity index (χ4n) is 1.20. The summed E-state index contributed by atoms with van der Waals surface area (Å²) in [5.41, 5.74) is 0. The zero-order chi connectivity index (χ0) is 13.2. The van der Waals surface area contributed by atoms with Crippen molar-refractivity contribution >= 4 is 11.7 Å². The second-order valence-corrected chi connectivity index (χ2v) is 4.36. The monoisotopic (exact) mass is 273 g/mol. The second kappa shape index (κ2) is 8.98. The topological polar surface area (TPSA) is 76.5 Å². The van der Waals surface area contributed by atoms with Crippen molar-refractivity contribution in [3.63, 3.8) is 0 Å². The maximum absolute atomic E-state index is 9.65. The average Bonchev–Trinajstić information content (AvgIpc) is 2.87. The molecule has 1 aromatic heterocycles. The summed E-state index contributed by atoms with van der Waals surface area (Å²) in [5, 5.41) is 12.7. The smallest absolute Gasteiger partial charge is 0.245 e. The summed E-state index contributed by atoms with van der Waals surface area (Å²) >= 11 is 1.07. The van der Waals surface area contributed by atoms with Gasteiger partial charge in [-0.2, -0.15) is 4.37 Å². The van der Waals surface area contributed by atoms with Crippen LogP contribution in [0.5, 0.6) is 5.88 Å². The Morgan fingerprint density at radius 2 is 2.44 bits per heavy atom. The van der Waals surface area contributed by atoms with Gasteiger partial charge in [0.1, 0.15) is 18.9 Å². The molecule has 2 unspecified atom stereocenters. The Hall–Kier alpha value is -1.02. The molecule has 1 rings (SSSR count). The highest BCUT2D eigenvalue weighted by Crippen LogP contribution is 2.04. The normalized spacial score (nSPS) is 14.1. The van der Waals surface area contributed by atoms with Crippen LogP contribution in [0.1, 0.15) is 6.92 Å². The average molecular weight is 273 g/mol. The van der Waals surface area contributed by atoms with Crippen molar-refractivity contribution in [2.24, 2.45) is 0 Å². The molecule has 0 aromatic carbocycles. The fraction of sp³-hybridized carbons (Fsp3) is 0.636. The summed E-state index contributed by atoms with van der Waals surface area (Å²) < 4.78 is 18.3. The van der Waals surface area contributed by atoms with Crippen molar-refractivity contribution in [3.8, 4) is 5.88 Å². The zero-order valence-corrected chi connectivity index (χ0v) is 11.2. The number of aliphatic hydroxyl groups is 1. The second-order valence-electron chi connectivity index (χ2n) is 3.80. The summed E-state index contributed by atoms with van der Waals surface area (Å²) in [4.78, 5) is 0. The number of hydrogen-bond donors (Lipinski definition) is 2. The number of rotatable bonds is 10. The number of nitrogens with zero attached hydrogens (tertiary/aromatic N) is 2. The van der Waals surface area contributed by atoms with E-state index in [1.807, 2.05) is 6.92 Å². The number of hydrogen-bond acceptors (Lipinski definition) is 7. The predicted molar refractivity (Wildman–Crippen MR) is 69.9 cm³/mol. The number of aliphatic hydroxyl groups excluding tert-OH is 1. The molecule has 2 N–H and O–H groups in total. The van der Waals surface area contributed by atoms with Gasteiger partial charge in [-0.25, -0.2) is 0 Å². The first kappa shape index (κ1) is 15.0. The maximum atomic E-state index is 9.65. The van der Waals surface area contributed by atoms with Crippen LogP contribution in [0.25, 0.3) is 0 Å². The van der Waals surface area contributed by atoms with E-state index in [4.69, 9.17) is 9.47 Å². The third-order valence-corrected chi connectivity index (χ3v) is 2.54. The van der Waals surface area contributed by atoms with Crippen LogP contribution in [0.15, 0.2) is 18.9 Å². The number of nitrogens with one attached hydrogen (secondary N) is 1. The molecule has 1 aromatic rings. The lowest BCUT2D eigenvalue weighted by molar-refractivity contribution is 0.0751. The molecule has 102 valence electrons. The van der Waals surface area contributed by atoms with Crippen LogP contribution in [-0.4, -0.2) is 52.4 Å². The Balaban J connectivity index is 2.02. The zero-order valence-electron chi connectivity index (χ0n) is 10.4. The first-order valence-corrected chi connectivity index (χ1v) is 6.47. The maximum Gasteiger partial charge on any atom is 0.245 e. The summed E-state index contributed by atoms with van der Waals surface area (Å²) in [6, 6.07) is 0. The van der Waals surface area contributed by atoms with Crippen LogP contribution in [0.2, 0.25) is 0 Å². The van der Waals surface area contributed by atoms with Crippen LogP contribution >= 0.6 is 11.7 Å². The molecule has 0 saturated carbocycles. The molecule has 0 spiro atoms. The van der Waals surface area contributed by atoms with Crippen molar-refractivity contribution in [1.29, 1.82) is 0 Å². The van der Waals surface area contributed by atoms with Gasteiger partial charge < -0.3 is 19.9 Å². The molecule has 18 heavy (non-hydrogen) atoms. The van der Waals surface area contributed by atoms with Gasteiger partial charge in [0.05, 0.1) is 24.4 Å². The quantitative estimate of drug-likeness (QED) is 0.603.